The summed E-state index contributed by atoms with van der Waals surface area (Å²) in [6.07, 6.45) is -3.15. The van der Waals surface area contributed by atoms with Gasteiger partial charge >= 0.3 is 12.4 Å². The average Bonchev–Trinajstić information content (AvgIpc) is 3.52. The molecule has 46 heavy (non-hydrogen) atoms. The van der Waals surface area contributed by atoms with Gasteiger partial charge in [0, 0.05) is 6.54 Å². The van der Waals surface area contributed by atoms with Crippen LogP contribution in [0.25, 0.3) is 0 Å². The number of carbonyl (C=O) groups is 2. The number of benzene rings is 3. The van der Waals surface area contributed by atoms with E-state index in [1.807, 2.05) is 32.0 Å². The van der Waals surface area contributed by atoms with Crippen LogP contribution in [0.2, 0.25) is 0 Å². The second-order valence-electron chi connectivity index (χ2n) is 10.3. The Morgan fingerprint density at radius 3 is 2.48 bits per heavy atom. The van der Waals surface area contributed by atoms with Crippen molar-refractivity contribution in [2.24, 2.45) is 9.98 Å². The van der Waals surface area contributed by atoms with Crippen LogP contribution in [0, 0.1) is 6.92 Å². The zero-order valence-corrected chi connectivity index (χ0v) is 25.5. The van der Waals surface area contributed by atoms with E-state index in [1.54, 1.807) is 36.2 Å². The van der Waals surface area contributed by atoms with Crippen molar-refractivity contribution in [2.45, 2.75) is 52.3 Å². The number of halogens is 4. The molecule has 14 heteroatoms. The minimum absolute atomic E-state index is 0.0296. The molecule has 3 N–H and O–H groups in total. The first kappa shape index (κ1) is 33.9. The highest BCUT2D eigenvalue weighted by molar-refractivity contribution is 6.14. The van der Waals surface area contributed by atoms with Crippen molar-refractivity contribution in [1.82, 2.24) is 16.1 Å². The normalized spacial score (nSPS) is 15.4. The van der Waals surface area contributed by atoms with Crippen molar-refractivity contribution in [3.63, 3.8) is 0 Å². The molecule has 10 nitrogen and oxygen atoms in total. The molecule has 3 amide bonds. The number of carbonyl (C=O) groups excluding carboxylic acids is 2. The summed E-state index contributed by atoms with van der Waals surface area (Å²) in [6.45, 7) is 5.67. The van der Waals surface area contributed by atoms with Gasteiger partial charge in [-0.1, -0.05) is 49.7 Å². The molecular weight excluding hydrogens is 606 g/mol. The number of rotatable bonds is 11. The molecule has 244 valence electrons. The Morgan fingerprint density at radius 2 is 1.85 bits per heavy atom. The Kier molecular flexibility index (Phi) is 11.3. The maximum Gasteiger partial charge on any atom is 0.573 e. The Balaban J connectivity index is 1.32. The van der Waals surface area contributed by atoms with E-state index in [-0.39, 0.29) is 18.3 Å². The number of hydrazine groups is 1. The summed E-state index contributed by atoms with van der Waals surface area (Å²) in [5.41, 5.74) is 7.15. The molecule has 0 bridgehead atoms. The van der Waals surface area contributed by atoms with Crippen LogP contribution in [-0.2, 0) is 11.2 Å². The predicted octanol–water partition coefficient (Wildman–Crippen LogP) is 6.25. The number of anilines is 2. The van der Waals surface area contributed by atoms with Gasteiger partial charge in [0.2, 0.25) is 12.4 Å². The first-order valence-electron chi connectivity index (χ1n) is 14.6. The van der Waals surface area contributed by atoms with Gasteiger partial charge in [-0.25, -0.2) is 14.2 Å². The van der Waals surface area contributed by atoms with E-state index in [1.165, 1.54) is 35.5 Å². The van der Waals surface area contributed by atoms with Gasteiger partial charge in [0.25, 0.3) is 0 Å². The summed E-state index contributed by atoms with van der Waals surface area (Å²) in [6, 6.07) is 16.8. The highest BCUT2D eigenvalue weighted by atomic mass is 19.4. The fraction of sp³-hybridized carbons (Fsp3) is 0.312. The summed E-state index contributed by atoms with van der Waals surface area (Å²) in [5, 5.41) is 6.62. The molecule has 0 aliphatic carbocycles. The van der Waals surface area contributed by atoms with Crippen molar-refractivity contribution < 1.29 is 31.9 Å². The number of guanidine groups is 1. The van der Waals surface area contributed by atoms with E-state index in [9.17, 15) is 22.8 Å². The largest absolute Gasteiger partial charge is 0.573 e. The van der Waals surface area contributed by atoms with Gasteiger partial charge in [0.05, 0.1) is 17.9 Å². The molecule has 0 fully saturated rings. The molecule has 0 aromatic heterocycles. The van der Waals surface area contributed by atoms with Gasteiger partial charge in [-0.3, -0.25) is 25.0 Å². The molecule has 4 rings (SSSR count). The van der Waals surface area contributed by atoms with Gasteiger partial charge in [-0.15, -0.1) is 13.2 Å². The third-order valence-electron chi connectivity index (χ3n) is 6.88. The molecule has 2 unspecified atom stereocenters. The molecule has 0 spiro atoms. The number of nitrogens with zero attached hydrogens (tertiary/aromatic N) is 4. The lowest BCUT2D eigenvalue weighted by atomic mass is 10.0. The second-order valence-corrected chi connectivity index (χ2v) is 10.3. The van der Waals surface area contributed by atoms with Gasteiger partial charge in [-0.2, -0.15) is 5.43 Å². The lowest BCUT2D eigenvalue weighted by molar-refractivity contribution is -0.274. The van der Waals surface area contributed by atoms with Gasteiger partial charge in [0.15, 0.2) is 0 Å². The van der Waals surface area contributed by atoms with E-state index in [2.05, 4.69) is 30.8 Å². The number of aryl methyl sites for hydroxylation is 2. The van der Waals surface area contributed by atoms with Crippen LogP contribution in [0.4, 0.5) is 33.7 Å². The standard InChI is InChI=1S/C32H35F4N7O3/c1-4-6-23-8-7-21(3)17-28(23)42(20-44)30(37-5-2)40-31(45)38-18-27(33)22-9-11-24(12-10-22)29-39-19-43(41-29)25-13-15-26(16-14-25)46-32(34,35)36/h7-17,19-20,27,29,41H,4-6,18H2,1-3H3,(H2,37,38,40,45). The lowest BCUT2D eigenvalue weighted by Crippen LogP contribution is -2.48. The van der Waals surface area contributed by atoms with Crippen molar-refractivity contribution >= 4 is 36.1 Å². The number of nitrogens with one attached hydrogen (secondary N) is 3. The van der Waals surface area contributed by atoms with Crippen molar-refractivity contribution in [2.75, 3.05) is 23.0 Å². The average molecular weight is 642 g/mol. The highest BCUT2D eigenvalue weighted by Crippen LogP contribution is 2.28. The Morgan fingerprint density at radius 1 is 1.13 bits per heavy atom. The molecular formula is C32H35F4N7O3. The number of ether oxygens (including phenoxy) is 1. The van der Waals surface area contributed by atoms with E-state index in [0.717, 1.165) is 24.0 Å². The molecule has 3 aromatic rings. The van der Waals surface area contributed by atoms with E-state index < -0.39 is 24.7 Å². The van der Waals surface area contributed by atoms with Crippen molar-refractivity contribution in [1.29, 1.82) is 0 Å². The number of urea groups is 1. The van der Waals surface area contributed by atoms with E-state index in [4.69, 9.17) is 0 Å². The summed E-state index contributed by atoms with van der Waals surface area (Å²) >= 11 is 0. The molecule has 0 saturated carbocycles. The van der Waals surface area contributed by atoms with Crippen LogP contribution >= 0.6 is 0 Å². The molecule has 1 aliphatic rings. The topological polar surface area (TPSA) is 111 Å². The van der Waals surface area contributed by atoms with Crippen molar-refractivity contribution in [3.05, 3.63) is 89.0 Å². The zero-order chi connectivity index (χ0) is 33.3. The third kappa shape index (κ3) is 9.03. The lowest BCUT2D eigenvalue weighted by Gasteiger charge is -2.23. The fourth-order valence-corrected chi connectivity index (χ4v) is 4.70. The first-order valence-corrected chi connectivity index (χ1v) is 14.6. The minimum atomic E-state index is -4.78. The first-order chi connectivity index (χ1) is 22.0. The summed E-state index contributed by atoms with van der Waals surface area (Å²) in [5.74, 6) is -0.310. The minimum Gasteiger partial charge on any atom is -0.406 e. The Hall–Kier alpha value is -4.98. The van der Waals surface area contributed by atoms with Crippen LogP contribution in [0.3, 0.4) is 0 Å². The number of hydrogen-bond acceptors (Lipinski definition) is 7. The van der Waals surface area contributed by atoms with Crippen LogP contribution in [0.5, 0.6) is 5.75 Å². The number of alkyl halides is 4. The number of hydrogen-bond donors (Lipinski definition) is 3. The van der Waals surface area contributed by atoms with Crippen molar-refractivity contribution in [3.8, 4) is 5.75 Å². The maximum absolute atomic E-state index is 15.1. The summed E-state index contributed by atoms with van der Waals surface area (Å²) < 4.78 is 56.2. The summed E-state index contributed by atoms with van der Waals surface area (Å²) in [7, 11) is 0. The van der Waals surface area contributed by atoms with Gasteiger partial charge in [0.1, 0.15) is 24.4 Å². The van der Waals surface area contributed by atoms with Crippen LogP contribution < -0.4 is 30.7 Å². The molecule has 3 aromatic carbocycles. The zero-order valence-electron chi connectivity index (χ0n) is 25.5. The highest BCUT2D eigenvalue weighted by Gasteiger charge is 2.31. The fourth-order valence-electron chi connectivity index (χ4n) is 4.70. The molecule has 0 radical (unpaired) electrons. The summed E-state index contributed by atoms with van der Waals surface area (Å²) in [4.78, 5) is 34.8. The molecule has 0 saturated heterocycles. The molecule has 1 heterocycles. The maximum atomic E-state index is 15.1. The third-order valence-corrected chi connectivity index (χ3v) is 6.88. The van der Waals surface area contributed by atoms with Crippen LogP contribution in [0.1, 0.15) is 54.9 Å². The quantitative estimate of drug-likeness (QED) is 0.0993. The van der Waals surface area contributed by atoms with Gasteiger partial charge in [-0.05, 0) is 72.9 Å². The molecule has 1 aliphatic heterocycles. The predicted molar refractivity (Wildman–Crippen MR) is 168 cm³/mol. The van der Waals surface area contributed by atoms with E-state index >= 15 is 4.39 Å². The number of amides is 3. The molecule has 2 atom stereocenters. The SMILES string of the molecule is CCCc1ccc(C)cc1N(C=O)C(=NCC)NC(=O)NCC(F)c1ccc(C2N=CN(c3ccc(OC(F)(F)F)cc3)N2)cc1. The second kappa shape index (κ2) is 15.3. The van der Waals surface area contributed by atoms with Crippen LogP contribution in [-0.4, -0.2) is 44.2 Å². The van der Waals surface area contributed by atoms with Gasteiger partial charge < -0.3 is 10.1 Å². The monoisotopic (exact) mass is 641 g/mol. The van der Waals surface area contributed by atoms with E-state index in [0.29, 0.717) is 35.5 Å². The Labute approximate surface area is 264 Å². The Bertz CT molecular complexity index is 1550. The van der Waals surface area contributed by atoms with Crippen LogP contribution in [0.15, 0.2) is 76.7 Å². The number of aliphatic imine (C=N–C) groups is 2. The smallest absolute Gasteiger partial charge is 0.406 e.